The molecule has 3 heterocycles. The Bertz CT molecular complexity index is 1480. The van der Waals surface area contributed by atoms with Crippen LogP contribution in [0.15, 0.2) is 77.4 Å². The highest BCUT2D eigenvalue weighted by atomic mass is 32.1. The Hall–Kier alpha value is -4.17. The van der Waals surface area contributed by atoms with Crippen molar-refractivity contribution in [3.05, 3.63) is 88.4 Å². The number of aromatic amines is 1. The summed E-state index contributed by atoms with van der Waals surface area (Å²) in [6.45, 7) is 0. The van der Waals surface area contributed by atoms with E-state index in [9.17, 15) is 9.90 Å². The minimum atomic E-state index is -0.438. The third kappa shape index (κ3) is 3.81. The monoisotopic (exact) mass is 456 g/mol. The lowest BCUT2D eigenvalue weighted by Crippen LogP contribution is -2.02. The lowest BCUT2D eigenvalue weighted by atomic mass is 10.0. The third-order valence-electron chi connectivity index (χ3n) is 5.38. The van der Waals surface area contributed by atoms with Crippen molar-refractivity contribution >= 4 is 39.6 Å². The number of esters is 1. The number of aryl methyl sites for hydroxylation is 1. The normalized spacial score (nSPS) is 11.8. The Morgan fingerprint density at radius 1 is 1.18 bits per heavy atom. The molecule has 0 aliphatic carbocycles. The molecule has 7 nitrogen and oxygen atoms in total. The number of H-pyrrole nitrogens is 1. The molecule has 33 heavy (non-hydrogen) atoms. The predicted molar refractivity (Wildman–Crippen MR) is 130 cm³/mol. The number of hydrogen-bond acceptors (Lipinski definition) is 6. The maximum atomic E-state index is 11.9. The summed E-state index contributed by atoms with van der Waals surface area (Å²) in [6.07, 6.45) is 3.67. The minimum absolute atomic E-state index is 0.0104. The number of thiophene rings is 1. The van der Waals surface area contributed by atoms with Gasteiger partial charge in [-0.25, -0.2) is 14.8 Å². The zero-order valence-corrected chi connectivity index (χ0v) is 18.8. The van der Waals surface area contributed by atoms with Crippen LogP contribution in [-0.4, -0.2) is 38.4 Å². The molecule has 0 unspecified atom stereocenters. The number of nitrogens with one attached hydrogen (secondary N) is 1. The molecule has 0 radical (unpaired) electrons. The second-order valence-electron chi connectivity index (χ2n) is 7.45. The van der Waals surface area contributed by atoms with Crippen LogP contribution < -0.4 is 0 Å². The van der Waals surface area contributed by atoms with Crippen LogP contribution in [0.5, 0.6) is 5.88 Å². The van der Waals surface area contributed by atoms with Gasteiger partial charge in [0, 0.05) is 35.9 Å². The number of aromatic hydroxyl groups is 1. The fourth-order valence-electron chi connectivity index (χ4n) is 3.77. The molecule has 0 aliphatic heterocycles. The number of carbonyl (C=O) groups excluding carboxylic acids is 1. The maximum absolute atomic E-state index is 11.9. The van der Waals surface area contributed by atoms with Gasteiger partial charge in [0.05, 0.1) is 34.5 Å². The Kier molecular flexibility index (Phi) is 5.27. The van der Waals surface area contributed by atoms with Gasteiger partial charge in [0.1, 0.15) is 5.82 Å². The second kappa shape index (κ2) is 8.40. The van der Waals surface area contributed by atoms with E-state index in [-0.39, 0.29) is 5.88 Å². The number of fused-ring (bicyclic) bond motifs is 1. The van der Waals surface area contributed by atoms with E-state index in [1.54, 1.807) is 24.4 Å². The SMILES string of the molecule is COC(=O)c1ccc2c(C(=Nc3ccc(-c4nccn4C)cc3)c3cccs3)c(O)[nH]c2c1. The summed E-state index contributed by atoms with van der Waals surface area (Å²) >= 11 is 1.54. The van der Waals surface area contributed by atoms with Gasteiger partial charge in [0.2, 0.25) is 0 Å². The van der Waals surface area contributed by atoms with Crippen LogP contribution in [0.3, 0.4) is 0 Å². The predicted octanol–water partition coefficient (Wildman–Crippen LogP) is 5.29. The number of carbonyl (C=O) groups is 1. The molecule has 0 atom stereocenters. The van der Waals surface area contributed by atoms with Gasteiger partial charge in [0.25, 0.3) is 0 Å². The summed E-state index contributed by atoms with van der Waals surface area (Å²) in [5, 5.41) is 13.5. The van der Waals surface area contributed by atoms with Crippen molar-refractivity contribution < 1.29 is 14.6 Å². The van der Waals surface area contributed by atoms with Gasteiger partial charge in [0.15, 0.2) is 5.88 Å². The number of hydrogen-bond donors (Lipinski definition) is 2. The fraction of sp³-hybridized carbons (Fsp3) is 0.0800. The van der Waals surface area contributed by atoms with E-state index in [2.05, 4.69) is 9.97 Å². The number of aliphatic imine (C=N–C) groups is 1. The van der Waals surface area contributed by atoms with E-state index in [4.69, 9.17) is 9.73 Å². The minimum Gasteiger partial charge on any atom is -0.494 e. The van der Waals surface area contributed by atoms with Crippen molar-refractivity contribution in [2.24, 2.45) is 12.0 Å². The Balaban J connectivity index is 1.62. The molecule has 0 saturated heterocycles. The highest BCUT2D eigenvalue weighted by Crippen LogP contribution is 2.33. The Morgan fingerprint density at radius 2 is 2.00 bits per heavy atom. The molecule has 3 aromatic heterocycles. The molecule has 0 saturated carbocycles. The van der Waals surface area contributed by atoms with E-state index >= 15 is 0 Å². The molecular formula is C25H20N4O3S. The number of benzene rings is 2. The Labute approximate surface area is 193 Å². The molecule has 0 bridgehead atoms. The van der Waals surface area contributed by atoms with E-state index in [0.29, 0.717) is 22.4 Å². The van der Waals surface area contributed by atoms with Crippen molar-refractivity contribution in [1.29, 1.82) is 0 Å². The molecular weight excluding hydrogens is 436 g/mol. The molecule has 0 aliphatic rings. The summed E-state index contributed by atoms with van der Waals surface area (Å²) in [7, 11) is 3.29. The lowest BCUT2D eigenvalue weighted by Gasteiger charge is -2.07. The van der Waals surface area contributed by atoms with Crippen LogP contribution in [0, 0.1) is 0 Å². The summed E-state index contributed by atoms with van der Waals surface area (Å²) in [5.41, 5.74) is 3.99. The molecule has 2 N–H and O–H groups in total. The number of ether oxygens (including phenoxy) is 1. The van der Waals surface area contributed by atoms with Gasteiger partial charge >= 0.3 is 5.97 Å². The highest BCUT2D eigenvalue weighted by molar-refractivity contribution is 7.12. The van der Waals surface area contributed by atoms with Gasteiger partial charge in [-0.3, -0.25) is 0 Å². The van der Waals surface area contributed by atoms with Gasteiger partial charge < -0.3 is 19.4 Å². The number of methoxy groups -OCH3 is 1. The van der Waals surface area contributed by atoms with Gasteiger partial charge in [-0.05, 0) is 47.8 Å². The molecule has 5 aromatic rings. The number of rotatable bonds is 5. The first kappa shape index (κ1) is 20.7. The van der Waals surface area contributed by atoms with Crippen molar-refractivity contribution in [2.75, 3.05) is 7.11 Å². The van der Waals surface area contributed by atoms with Gasteiger partial charge in [-0.15, -0.1) is 11.3 Å². The fourth-order valence-corrected chi connectivity index (χ4v) is 4.49. The first-order valence-electron chi connectivity index (χ1n) is 10.2. The van der Waals surface area contributed by atoms with Crippen molar-refractivity contribution in [3.63, 3.8) is 0 Å². The second-order valence-corrected chi connectivity index (χ2v) is 8.39. The topological polar surface area (TPSA) is 92.5 Å². The van der Waals surface area contributed by atoms with Crippen molar-refractivity contribution in [1.82, 2.24) is 14.5 Å². The summed E-state index contributed by atoms with van der Waals surface area (Å²) in [5.74, 6) is 0.427. The molecule has 0 fully saturated rings. The van der Waals surface area contributed by atoms with Crippen LogP contribution in [0.4, 0.5) is 5.69 Å². The van der Waals surface area contributed by atoms with E-state index in [0.717, 1.165) is 27.3 Å². The molecule has 0 spiro atoms. The molecule has 164 valence electrons. The first-order valence-corrected chi connectivity index (χ1v) is 11.1. The quantitative estimate of drug-likeness (QED) is 0.278. The number of nitrogens with zero attached hydrogens (tertiary/aromatic N) is 3. The lowest BCUT2D eigenvalue weighted by molar-refractivity contribution is 0.0601. The van der Waals surface area contributed by atoms with Crippen LogP contribution in [0.2, 0.25) is 0 Å². The third-order valence-corrected chi connectivity index (χ3v) is 6.26. The molecule has 2 aromatic carbocycles. The van der Waals surface area contributed by atoms with Crippen molar-refractivity contribution in [3.8, 4) is 17.3 Å². The Morgan fingerprint density at radius 3 is 2.67 bits per heavy atom. The average Bonchev–Trinajstić information content (AvgIpc) is 3.57. The van der Waals surface area contributed by atoms with E-state index in [1.807, 2.05) is 59.6 Å². The highest BCUT2D eigenvalue weighted by Gasteiger charge is 2.20. The zero-order valence-electron chi connectivity index (χ0n) is 17.9. The van der Waals surface area contributed by atoms with Crippen LogP contribution in [0.1, 0.15) is 20.8 Å². The van der Waals surface area contributed by atoms with Crippen LogP contribution in [0.25, 0.3) is 22.3 Å². The van der Waals surface area contributed by atoms with Crippen LogP contribution in [-0.2, 0) is 11.8 Å². The van der Waals surface area contributed by atoms with E-state index < -0.39 is 5.97 Å². The largest absolute Gasteiger partial charge is 0.494 e. The summed E-state index contributed by atoms with van der Waals surface area (Å²) in [6, 6.07) is 16.9. The maximum Gasteiger partial charge on any atom is 0.337 e. The first-order chi connectivity index (χ1) is 16.0. The standard InChI is InChI=1S/C25H20N4O3S/c1-29-12-11-26-23(29)15-5-8-17(9-6-15)27-22(20-4-3-13-33-20)21-18-10-7-16(25(31)32-2)14-19(18)28-24(21)30/h3-14,28,30H,1-2H3. The average molecular weight is 457 g/mol. The smallest absolute Gasteiger partial charge is 0.337 e. The van der Waals surface area contributed by atoms with Crippen molar-refractivity contribution in [2.45, 2.75) is 0 Å². The number of aromatic nitrogens is 3. The van der Waals surface area contributed by atoms with E-state index in [1.165, 1.54) is 18.4 Å². The number of imidazole rings is 1. The summed E-state index contributed by atoms with van der Waals surface area (Å²) < 4.78 is 6.77. The molecule has 5 rings (SSSR count). The van der Waals surface area contributed by atoms with Crippen LogP contribution >= 0.6 is 11.3 Å². The van der Waals surface area contributed by atoms with Gasteiger partial charge in [-0.2, -0.15) is 0 Å². The summed E-state index contributed by atoms with van der Waals surface area (Å²) in [4.78, 5) is 25.1. The van der Waals surface area contributed by atoms with Gasteiger partial charge in [-0.1, -0.05) is 12.1 Å². The molecule has 8 heteroatoms. The zero-order chi connectivity index (χ0) is 22.9. The molecule has 0 amide bonds.